The van der Waals surface area contributed by atoms with Crippen molar-refractivity contribution >= 4 is 57.5 Å². The van der Waals surface area contributed by atoms with Crippen LogP contribution in [-0.2, 0) is 9.53 Å². The van der Waals surface area contributed by atoms with Crippen LogP contribution in [0.2, 0.25) is 10.0 Å². The van der Waals surface area contributed by atoms with E-state index < -0.39 is 17.7 Å². The van der Waals surface area contributed by atoms with Gasteiger partial charge in [0.25, 0.3) is 5.91 Å². The number of carbonyl (C=O) groups excluding carboxylic acids is 2. The molecule has 0 radical (unpaired) electrons. The summed E-state index contributed by atoms with van der Waals surface area (Å²) in [7, 11) is 0. The molecule has 0 unspecified atom stereocenters. The number of rotatable bonds is 6. The zero-order chi connectivity index (χ0) is 23.3. The zero-order valence-corrected chi connectivity index (χ0v) is 18.3. The fourth-order valence-electron chi connectivity index (χ4n) is 2.59. The first kappa shape index (κ1) is 22.9. The highest BCUT2D eigenvalue weighted by molar-refractivity contribution is 6.47. The van der Waals surface area contributed by atoms with E-state index in [1.54, 1.807) is 25.1 Å². The van der Waals surface area contributed by atoms with E-state index in [0.29, 0.717) is 5.75 Å². The number of imide groups is 1. The largest absolute Gasteiger partial charge is 0.454 e. The number of anilines is 1. The van der Waals surface area contributed by atoms with Crippen molar-refractivity contribution in [3.63, 3.8) is 0 Å². The third-order valence-electron chi connectivity index (χ3n) is 4.05. The van der Waals surface area contributed by atoms with E-state index in [0.717, 1.165) is 16.6 Å². The van der Waals surface area contributed by atoms with E-state index in [9.17, 15) is 9.59 Å². The van der Waals surface area contributed by atoms with E-state index in [-0.39, 0.29) is 28.1 Å². The lowest BCUT2D eigenvalue weighted by Crippen LogP contribution is -2.36. The van der Waals surface area contributed by atoms with Crippen LogP contribution in [0.5, 0.6) is 11.5 Å². The molecule has 3 N–H and O–H groups in total. The standard InChI is InChI=1S/C20H16Cl2N6O4/c1-3-31-20(30)24-19(29)17(9-23)28-26-11-6-14(21)18(15(22)7-11)32-12-4-5-16-13(8-12)10(2)25-27-16/h4-8,26H,3H2,1-2H3,(H,25,27)(H,24,29,30). The number of hydrogen-bond donors (Lipinski definition) is 3. The van der Waals surface area contributed by atoms with Crippen LogP contribution in [0.15, 0.2) is 35.4 Å². The number of hydrazone groups is 1. The number of halogens is 2. The third kappa shape index (κ3) is 5.26. The highest BCUT2D eigenvalue weighted by Gasteiger charge is 2.16. The summed E-state index contributed by atoms with van der Waals surface area (Å²) in [6.45, 7) is 3.51. The summed E-state index contributed by atoms with van der Waals surface area (Å²) in [5.41, 5.74) is 3.86. The molecule has 32 heavy (non-hydrogen) atoms. The summed E-state index contributed by atoms with van der Waals surface area (Å²) in [5.74, 6) is -0.309. The number of aromatic amines is 1. The Morgan fingerprint density at radius 2 is 1.97 bits per heavy atom. The minimum Gasteiger partial charge on any atom is -0.454 e. The molecule has 164 valence electrons. The van der Waals surface area contributed by atoms with Gasteiger partial charge in [-0.2, -0.15) is 15.5 Å². The van der Waals surface area contributed by atoms with Gasteiger partial charge in [0.05, 0.1) is 33.6 Å². The summed E-state index contributed by atoms with van der Waals surface area (Å²) < 4.78 is 10.4. The first-order valence-corrected chi connectivity index (χ1v) is 9.91. The molecule has 0 aliphatic rings. The molecular formula is C20H16Cl2N6O4. The molecule has 2 amide bonds. The average Bonchev–Trinajstić information content (AvgIpc) is 3.11. The Morgan fingerprint density at radius 1 is 1.25 bits per heavy atom. The molecule has 12 heteroatoms. The maximum atomic E-state index is 11.9. The molecule has 0 spiro atoms. The lowest BCUT2D eigenvalue weighted by molar-refractivity contribution is -0.114. The van der Waals surface area contributed by atoms with Crippen LogP contribution in [-0.4, -0.2) is 34.5 Å². The van der Waals surface area contributed by atoms with Gasteiger partial charge in [-0.1, -0.05) is 23.2 Å². The van der Waals surface area contributed by atoms with Crippen LogP contribution in [0.4, 0.5) is 10.5 Å². The van der Waals surface area contributed by atoms with Crippen molar-refractivity contribution in [2.24, 2.45) is 5.10 Å². The molecule has 0 fully saturated rings. The predicted octanol–water partition coefficient (Wildman–Crippen LogP) is 4.53. The Kier molecular flexibility index (Phi) is 7.14. The van der Waals surface area contributed by atoms with Crippen LogP contribution >= 0.6 is 23.2 Å². The molecule has 0 aliphatic heterocycles. The summed E-state index contributed by atoms with van der Waals surface area (Å²) in [4.78, 5) is 23.2. The molecule has 0 saturated carbocycles. The number of aromatic nitrogens is 2. The molecule has 0 aliphatic carbocycles. The van der Waals surface area contributed by atoms with Crippen LogP contribution in [0.3, 0.4) is 0 Å². The van der Waals surface area contributed by atoms with Crippen LogP contribution in [0.1, 0.15) is 12.6 Å². The number of amides is 2. The fourth-order valence-corrected chi connectivity index (χ4v) is 3.16. The van der Waals surface area contributed by atoms with E-state index in [1.165, 1.54) is 12.1 Å². The first-order chi connectivity index (χ1) is 15.3. The van der Waals surface area contributed by atoms with Gasteiger partial charge in [0.15, 0.2) is 5.75 Å². The van der Waals surface area contributed by atoms with Gasteiger partial charge in [-0.3, -0.25) is 20.6 Å². The Hall–Kier alpha value is -3.81. The smallest absolute Gasteiger partial charge is 0.414 e. The molecule has 0 atom stereocenters. The van der Waals surface area contributed by atoms with Crippen LogP contribution < -0.4 is 15.5 Å². The highest BCUT2D eigenvalue weighted by atomic mass is 35.5. The number of benzene rings is 2. The number of carbonyl (C=O) groups is 2. The normalized spacial score (nSPS) is 11.0. The summed E-state index contributed by atoms with van der Waals surface area (Å²) >= 11 is 12.6. The fraction of sp³-hybridized carbons (Fsp3) is 0.150. The molecule has 3 aromatic rings. The molecule has 2 aromatic carbocycles. The number of ether oxygens (including phenoxy) is 2. The monoisotopic (exact) mass is 474 g/mol. The number of nitrogens with one attached hydrogen (secondary N) is 3. The number of nitrogens with zero attached hydrogens (tertiary/aromatic N) is 3. The second kappa shape index (κ2) is 10.00. The Morgan fingerprint density at radius 3 is 2.62 bits per heavy atom. The first-order valence-electron chi connectivity index (χ1n) is 9.16. The third-order valence-corrected chi connectivity index (χ3v) is 4.61. The van der Waals surface area contributed by atoms with Crippen molar-refractivity contribution in [1.29, 1.82) is 5.26 Å². The van der Waals surface area contributed by atoms with Gasteiger partial charge < -0.3 is 9.47 Å². The lowest BCUT2D eigenvalue weighted by atomic mass is 10.2. The second-order valence-corrected chi connectivity index (χ2v) is 7.06. The van der Waals surface area contributed by atoms with Gasteiger partial charge in [-0.25, -0.2) is 4.79 Å². The molecule has 1 aromatic heterocycles. The maximum Gasteiger partial charge on any atom is 0.414 e. The number of alkyl carbamates (subject to hydrolysis) is 1. The molecule has 1 heterocycles. The van der Waals surface area contributed by atoms with E-state index in [4.69, 9.17) is 33.2 Å². The van der Waals surface area contributed by atoms with Gasteiger partial charge in [0.2, 0.25) is 5.71 Å². The van der Waals surface area contributed by atoms with Crippen LogP contribution in [0, 0.1) is 18.3 Å². The molecule has 3 rings (SSSR count). The van der Waals surface area contributed by atoms with Crippen molar-refractivity contribution < 1.29 is 19.1 Å². The summed E-state index contributed by atoms with van der Waals surface area (Å²) in [6.07, 6.45) is -0.989. The zero-order valence-electron chi connectivity index (χ0n) is 16.8. The average molecular weight is 475 g/mol. The minimum absolute atomic E-state index is 0.0668. The number of aryl methyl sites for hydroxylation is 1. The Bertz CT molecular complexity index is 1240. The van der Waals surface area contributed by atoms with E-state index >= 15 is 0 Å². The van der Waals surface area contributed by atoms with Crippen molar-refractivity contribution in [3.05, 3.63) is 46.1 Å². The molecule has 10 nitrogen and oxygen atoms in total. The van der Waals surface area contributed by atoms with Gasteiger partial charge in [0.1, 0.15) is 11.8 Å². The Balaban J connectivity index is 1.76. The van der Waals surface area contributed by atoms with Crippen molar-refractivity contribution in [3.8, 4) is 17.6 Å². The van der Waals surface area contributed by atoms with Crippen LogP contribution in [0.25, 0.3) is 10.9 Å². The quantitative estimate of drug-likeness (QED) is 0.351. The van der Waals surface area contributed by atoms with E-state index in [2.05, 4.69) is 25.5 Å². The van der Waals surface area contributed by atoms with E-state index in [1.807, 2.05) is 18.3 Å². The van der Waals surface area contributed by atoms with Crippen molar-refractivity contribution in [2.75, 3.05) is 12.0 Å². The van der Waals surface area contributed by atoms with Gasteiger partial charge >= 0.3 is 6.09 Å². The number of H-pyrrole nitrogens is 1. The summed E-state index contributed by atoms with van der Waals surface area (Å²) in [6, 6.07) is 9.85. The van der Waals surface area contributed by atoms with Gasteiger partial charge in [-0.15, -0.1) is 0 Å². The predicted molar refractivity (Wildman–Crippen MR) is 119 cm³/mol. The maximum absolute atomic E-state index is 11.9. The molecular weight excluding hydrogens is 459 g/mol. The highest BCUT2D eigenvalue weighted by Crippen LogP contribution is 2.39. The molecule has 0 bridgehead atoms. The van der Waals surface area contributed by atoms with Gasteiger partial charge in [0, 0.05) is 5.39 Å². The van der Waals surface area contributed by atoms with Crippen molar-refractivity contribution in [1.82, 2.24) is 15.5 Å². The number of hydrogen-bond acceptors (Lipinski definition) is 8. The Labute approximate surface area is 192 Å². The SMILES string of the molecule is CCOC(=O)NC(=O)C(C#N)=NNc1cc(Cl)c(Oc2ccc3[nH]nc(C)c3c2)c(Cl)c1. The van der Waals surface area contributed by atoms with Gasteiger partial charge in [-0.05, 0) is 44.2 Å². The number of nitriles is 1. The molecule has 0 saturated heterocycles. The minimum atomic E-state index is -1.03. The number of fused-ring (bicyclic) bond motifs is 1. The topological polar surface area (TPSA) is 141 Å². The second-order valence-electron chi connectivity index (χ2n) is 6.25. The lowest BCUT2D eigenvalue weighted by Gasteiger charge is -2.12. The summed E-state index contributed by atoms with van der Waals surface area (Å²) in [5, 5.41) is 22.9. The van der Waals surface area contributed by atoms with Crippen molar-refractivity contribution in [2.45, 2.75) is 13.8 Å².